The largest absolute Gasteiger partial charge is 0.481 e. The van der Waals surface area contributed by atoms with E-state index in [1.807, 2.05) is 11.8 Å². The van der Waals surface area contributed by atoms with Gasteiger partial charge in [0.1, 0.15) is 5.92 Å². The molecule has 4 rings (SSSR count). The zero-order chi connectivity index (χ0) is 17.9. The molecule has 1 amide bonds. The van der Waals surface area contributed by atoms with Crippen molar-refractivity contribution in [1.29, 1.82) is 0 Å². The number of ether oxygens (including phenoxy) is 1. The van der Waals surface area contributed by atoms with Crippen LogP contribution in [0.1, 0.15) is 32.6 Å². The van der Waals surface area contributed by atoms with E-state index in [2.05, 4.69) is 15.3 Å². The molecule has 2 aliphatic carbocycles. The van der Waals surface area contributed by atoms with Gasteiger partial charge in [0, 0.05) is 25.4 Å². The van der Waals surface area contributed by atoms with E-state index in [0.29, 0.717) is 44.2 Å². The molecule has 0 radical (unpaired) electrons. The normalized spacial score (nSPS) is 31.5. The Balaban J connectivity index is 1.42. The van der Waals surface area contributed by atoms with Gasteiger partial charge in [0.2, 0.25) is 17.7 Å². The molecule has 1 aromatic heterocycles. The van der Waals surface area contributed by atoms with E-state index >= 15 is 0 Å². The van der Waals surface area contributed by atoms with E-state index in [9.17, 15) is 13.6 Å². The van der Waals surface area contributed by atoms with Crippen LogP contribution in [0.5, 0.6) is 5.88 Å². The number of hydrogen-bond acceptors (Lipinski definition) is 5. The van der Waals surface area contributed by atoms with Crippen LogP contribution in [0.4, 0.5) is 14.7 Å². The summed E-state index contributed by atoms with van der Waals surface area (Å²) in [7, 11) is 1.53. The van der Waals surface area contributed by atoms with Crippen LogP contribution in [-0.4, -0.2) is 47.5 Å². The lowest BCUT2D eigenvalue weighted by Crippen LogP contribution is -2.49. The number of amides is 1. The van der Waals surface area contributed by atoms with Gasteiger partial charge in [0.15, 0.2) is 0 Å². The summed E-state index contributed by atoms with van der Waals surface area (Å²) in [6, 6.07) is 1.66. The summed E-state index contributed by atoms with van der Waals surface area (Å²) in [5, 5.41) is 2.88. The lowest BCUT2D eigenvalue weighted by molar-refractivity contribution is -0.126. The SMILES string of the molecule is COc1ccnc(N2CCC(C)(NC(=O)C3C(F)(F)C34CCC4)C2)n1. The summed E-state index contributed by atoms with van der Waals surface area (Å²) < 4.78 is 33.2. The van der Waals surface area contributed by atoms with Gasteiger partial charge in [-0.15, -0.1) is 0 Å². The number of rotatable bonds is 4. The van der Waals surface area contributed by atoms with Crippen molar-refractivity contribution in [2.24, 2.45) is 11.3 Å². The van der Waals surface area contributed by atoms with Crippen LogP contribution in [0.3, 0.4) is 0 Å². The fourth-order valence-corrected chi connectivity index (χ4v) is 4.31. The highest BCUT2D eigenvalue weighted by molar-refractivity contribution is 5.86. The summed E-state index contributed by atoms with van der Waals surface area (Å²) >= 11 is 0. The molecule has 3 aliphatic rings. The van der Waals surface area contributed by atoms with E-state index in [4.69, 9.17) is 4.74 Å². The molecule has 25 heavy (non-hydrogen) atoms. The van der Waals surface area contributed by atoms with Gasteiger partial charge in [0.25, 0.3) is 5.92 Å². The first kappa shape index (κ1) is 16.5. The van der Waals surface area contributed by atoms with Gasteiger partial charge >= 0.3 is 0 Å². The molecule has 3 fully saturated rings. The summed E-state index contributed by atoms with van der Waals surface area (Å²) in [5.74, 6) is -3.54. The Bertz CT molecular complexity index is 710. The van der Waals surface area contributed by atoms with Crippen LogP contribution >= 0.6 is 0 Å². The van der Waals surface area contributed by atoms with Gasteiger partial charge in [-0.1, -0.05) is 6.42 Å². The van der Waals surface area contributed by atoms with Gasteiger partial charge in [-0.2, -0.15) is 4.98 Å². The Hall–Kier alpha value is -1.99. The van der Waals surface area contributed by atoms with Crippen LogP contribution in [0.2, 0.25) is 0 Å². The molecule has 6 nitrogen and oxygen atoms in total. The second-order valence-corrected chi connectivity index (χ2v) is 7.69. The van der Waals surface area contributed by atoms with Crippen LogP contribution in [0.25, 0.3) is 0 Å². The number of aromatic nitrogens is 2. The van der Waals surface area contributed by atoms with E-state index in [1.54, 1.807) is 12.3 Å². The van der Waals surface area contributed by atoms with Crippen molar-refractivity contribution in [2.45, 2.75) is 44.1 Å². The van der Waals surface area contributed by atoms with E-state index in [-0.39, 0.29) is 0 Å². The van der Waals surface area contributed by atoms with Crippen molar-refractivity contribution >= 4 is 11.9 Å². The van der Waals surface area contributed by atoms with Gasteiger partial charge in [-0.3, -0.25) is 4.79 Å². The third-order valence-corrected chi connectivity index (χ3v) is 6.01. The topological polar surface area (TPSA) is 67.3 Å². The number of carbonyl (C=O) groups is 1. The predicted molar refractivity (Wildman–Crippen MR) is 86.7 cm³/mol. The smallest absolute Gasteiger partial charge is 0.266 e. The molecule has 1 saturated heterocycles. The molecular formula is C17H22F2N4O2. The van der Waals surface area contributed by atoms with Crippen molar-refractivity contribution in [3.05, 3.63) is 12.3 Å². The number of methoxy groups -OCH3 is 1. The Morgan fingerprint density at radius 2 is 2.16 bits per heavy atom. The molecule has 1 aromatic rings. The number of carbonyl (C=O) groups excluding carboxylic acids is 1. The van der Waals surface area contributed by atoms with E-state index in [0.717, 1.165) is 6.42 Å². The zero-order valence-electron chi connectivity index (χ0n) is 14.4. The predicted octanol–water partition coefficient (Wildman–Crippen LogP) is 2.01. The quantitative estimate of drug-likeness (QED) is 0.898. The van der Waals surface area contributed by atoms with Crippen molar-refractivity contribution in [2.75, 3.05) is 25.1 Å². The second-order valence-electron chi connectivity index (χ2n) is 7.69. The van der Waals surface area contributed by atoms with Crippen molar-refractivity contribution in [3.63, 3.8) is 0 Å². The fraction of sp³-hybridized carbons (Fsp3) is 0.706. The minimum atomic E-state index is -2.85. The minimum absolute atomic E-state index is 0.457. The zero-order valence-corrected chi connectivity index (χ0v) is 14.4. The molecule has 1 spiro atoms. The van der Waals surface area contributed by atoms with Crippen LogP contribution in [-0.2, 0) is 4.79 Å². The number of nitrogens with one attached hydrogen (secondary N) is 1. The Morgan fingerprint density at radius 1 is 1.40 bits per heavy atom. The maximum atomic E-state index is 14.1. The monoisotopic (exact) mass is 352 g/mol. The first-order valence-corrected chi connectivity index (χ1v) is 8.63. The molecule has 0 bridgehead atoms. The molecule has 1 N–H and O–H groups in total. The number of alkyl halides is 2. The Labute approximate surface area is 145 Å². The lowest BCUT2D eigenvalue weighted by atomic mass is 9.79. The number of nitrogens with zero attached hydrogens (tertiary/aromatic N) is 3. The first-order chi connectivity index (χ1) is 11.8. The van der Waals surface area contributed by atoms with Gasteiger partial charge < -0.3 is 15.0 Å². The van der Waals surface area contributed by atoms with Gasteiger partial charge in [-0.25, -0.2) is 13.8 Å². The molecule has 0 aromatic carbocycles. The number of halogens is 2. The minimum Gasteiger partial charge on any atom is -0.481 e. The average molecular weight is 352 g/mol. The molecule has 2 heterocycles. The molecule has 2 saturated carbocycles. The van der Waals surface area contributed by atoms with Crippen LogP contribution in [0.15, 0.2) is 12.3 Å². The maximum Gasteiger partial charge on any atom is 0.266 e. The third kappa shape index (κ3) is 2.37. The molecular weight excluding hydrogens is 330 g/mol. The van der Waals surface area contributed by atoms with E-state index < -0.39 is 28.7 Å². The first-order valence-electron chi connectivity index (χ1n) is 8.63. The van der Waals surface area contributed by atoms with Crippen molar-refractivity contribution in [3.8, 4) is 5.88 Å². The molecule has 8 heteroatoms. The molecule has 1 aliphatic heterocycles. The average Bonchev–Trinajstić information content (AvgIpc) is 2.85. The van der Waals surface area contributed by atoms with Gasteiger partial charge in [-0.05, 0) is 26.2 Å². The molecule has 136 valence electrons. The lowest BCUT2D eigenvalue weighted by Gasteiger charge is -2.28. The Kier molecular flexibility index (Phi) is 3.46. The fourth-order valence-electron chi connectivity index (χ4n) is 4.31. The summed E-state index contributed by atoms with van der Waals surface area (Å²) in [5.41, 5.74) is -1.62. The van der Waals surface area contributed by atoms with Gasteiger partial charge in [0.05, 0.1) is 18.1 Å². The van der Waals surface area contributed by atoms with Crippen LogP contribution < -0.4 is 15.0 Å². The summed E-state index contributed by atoms with van der Waals surface area (Å²) in [6.45, 7) is 3.02. The van der Waals surface area contributed by atoms with Crippen LogP contribution in [0, 0.1) is 11.3 Å². The van der Waals surface area contributed by atoms with E-state index in [1.165, 1.54) is 7.11 Å². The standard InChI is InChI=1S/C17H22F2N4O2/c1-15(22-13(24)12-16(5-3-6-16)17(12,18)19)7-9-23(10-15)14-20-8-4-11(21-14)25-2/h4,8,12H,3,5-7,9-10H2,1-2H3,(H,22,24). The summed E-state index contributed by atoms with van der Waals surface area (Å²) in [6.07, 6.45) is 3.97. The van der Waals surface area contributed by atoms with Crippen molar-refractivity contribution < 1.29 is 18.3 Å². The van der Waals surface area contributed by atoms with Crippen molar-refractivity contribution in [1.82, 2.24) is 15.3 Å². The molecule has 2 unspecified atom stereocenters. The Morgan fingerprint density at radius 3 is 2.76 bits per heavy atom. The third-order valence-electron chi connectivity index (χ3n) is 6.01. The highest BCUT2D eigenvalue weighted by Gasteiger charge is 2.84. The maximum absolute atomic E-state index is 14.1. The number of hydrogen-bond donors (Lipinski definition) is 1. The molecule has 2 atom stereocenters. The highest BCUT2D eigenvalue weighted by Crippen LogP contribution is 2.75. The number of anilines is 1. The second kappa shape index (κ2) is 5.25. The highest BCUT2D eigenvalue weighted by atomic mass is 19.3. The summed E-state index contributed by atoms with van der Waals surface area (Å²) in [4.78, 5) is 22.9.